The van der Waals surface area contributed by atoms with Gasteiger partial charge >= 0.3 is 0 Å². The monoisotopic (exact) mass is 475 g/mol. The van der Waals surface area contributed by atoms with Crippen LogP contribution in [0.2, 0.25) is 5.02 Å². The number of rotatable bonds is 3. The zero-order chi connectivity index (χ0) is 22.5. The number of hydrogen-bond donors (Lipinski definition) is 2. The largest absolute Gasteiger partial charge is 0.356 e. The first kappa shape index (κ1) is 21.3. The molecule has 2 aliphatic rings. The van der Waals surface area contributed by atoms with Crippen molar-refractivity contribution < 1.29 is 17.6 Å². The lowest BCUT2D eigenvalue weighted by atomic mass is 9.91. The predicted octanol–water partition coefficient (Wildman–Crippen LogP) is 4.70. The summed E-state index contributed by atoms with van der Waals surface area (Å²) in [6, 6.07) is 9.13. The number of carbonyl (C=O) groups is 1. The Kier molecular flexibility index (Phi) is 5.37. The molecule has 0 radical (unpaired) electrons. The third-order valence-electron chi connectivity index (χ3n) is 6.30. The molecule has 2 heterocycles. The van der Waals surface area contributed by atoms with Crippen LogP contribution < -0.4 is 9.62 Å². The Balaban J connectivity index is 1.44. The number of aromatic amines is 1. The van der Waals surface area contributed by atoms with Gasteiger partial charge in [0.15, 0.2) is 0 Å². The maximum Gasteiger partial charge on any atom is 0.251 e. The standard InChI is InChI=1S/C23H23ClFN3O3S/c24-18-8-6-14(12-21(18)28-10-1-2-11-32(28,30)31)23(29)27-20-5-3-4-16-17-13-15(25)7-9-19(17)26-22(16)20/h6-9,12-13,20,26H,1-5,10-11H2,(H,27,29)/t20-/m0/s1. The van der Waals surface area contributed by atoms with Crippen LogP contribution in [0.15, 0.2) is 36.4 Å². The average molecular weight is 476 g/mol. The number of sulfonamides is 1. The summed E-state index contributed by atoms with van der Waals surface area (Å²) in [5.41, 5.74) is 3.47. The Morgan fingerprint density at radius 3 is 2.81 bits per heavy atom. The first-order chi connectivity index (χ1) is 15.3. The smallest absolute Gasteiger partial charge is 0.251 e. The Morgan fingerprint density at radius 1 is 1.16 bits per heavy atom. The Morgan fingerprint density at radius 2 is 2.00 bits per heavy atom. The number of nitrogens with one attached hydrogen (secondary N) is 2. The van der Waals surface area contributed by atoms with E-state index in [1.54, 1.807) is 24.3 Å². The number of nitrogens with zero attached hydrogens (tertiary/aromatic N) is 1. The number of fused-ring (bicyclic) bond motifs is 3. The maximum absolute atomic E-state index is 13.8. The number of anilines is 1. The van der Waals surface area contributed by atoms with E-state index < -0.39 is 10.0 Å². The van der Waals surface area contributed by atoms with Gasteiger partial charge in [-0.2, -0.15) is 0 Å². The van der Waals surface area contributed by atoms with Gasteiger partial charge in [-0.05, 0) is 74.1 Å². The highest BCUT2D eigenvalue weighted by Crippen LogP contribution is 2.36. The maximum atomic E-state index is 13.8. The fraction of sp³-hybridized carbons (Fsp3) is 0.348. The third-order valence-corrected chi connectivity index (χ3v) is 8.48. The van der Waals surface area contributed by atoms with Crippen LogP contribution in [0.1, 0.15) is 53.3 Å². The van der Waals surface area contributed by atoms with Crippen molar-refractivity contribution in [2.45, 2.75) is 38.1 Å². The second-order valence-electron chi connectivity index (χ2n) is 8.39. The lowest BCUT2D eigenvalue weighted by Gasteiger charge is -2.29. The van der Waals surface area contributed by atoms with Crippen molar-refractivity contribution in [2.24, 2.45) is 0 Å². The molecule has 0 saturated carbocycles. The molecule has 1 saturated heterocycles. The second-order valence-corrected chi connectivity index (χ2v) is 10.8. The second kappa shape index (κ2) is 8.08. The molecule has 0 bridgehead atoms. The van der Waals surface area contributed by atoms with E-state index in [9.17, 15) is 17.6 Å². The SMILES string of the molecule is O=C(N[C@H]1CCCc2c1[nH]c1ccc(F)cc21)c1ccc(Cl)c(N2CCCCS2(=O)=O)c1. The third kappa shape index (κ3) is 3.75. The van der Waals surface area contributed by atoms with Gasteiger partial charge in [0, 0.05) is 28.7 Å². The van der Waals surface area contributed by atoms with Crippen LogP contribution >= 0.6 is 11.6 Å². The van der Waals surface area contributed by atoms with Gasteiger partial charge < -0.3 is 10.3 Å². The van der Waals surface area contributed by atoms with Crippen LogP contribution in [0.25, 0.3) is 10.9 Å². The quantitative estimate of drug-likeness (QED) is 0.576. The number of aryl methyl sites for hydroxylation is 1. The summed E-state index contributed by atoms with van der Waals surface area (Å²) in [5.74, 6) is -0.516. The van der Waals surface area contributed by atoms with E-state index >= 15 is 0 Å². The number of halogens is 2. The topological polar surface area (TPSA) is 82.3 Å². The molecule has 1 fully saturated rings. The van der Waals surface area contributed by atoms with Crippen LogP contribution in [-0.2, 0) is 16.4 Å². The normalized spacial score (nSPS) is 20.2. The summed E-state index contributed by atoms with van der Waals surface area (Å²) in [7, 11) is -3.45. The van der Waals surface area contributed by atoms with Gasteiger partial charge in [-0.1, -0.05) is 11.6 Å². The minimum absolute atomic E-state index is 0.0750. The van der Waals surface area contributed by atoms with Crippen molar-refractivity contribution in [3.05, 3.63) is 64.1 Å². The van der Waals surface area contributed by atoms with Crippen LogP contribution in [0.5, 0.6) is 0 Å². The molecule has 5 rings (SSSR count). The van der Waals surface area contributed by atoms with Gasteiger partial charge in [-0.3, -0.25) is 9.10 Å². The van der Waals surface area contributed by atoms with Gasteiger partial charge in [0.25, 0.3) is 5.91 Å². The molecule has 0 unspecified atom stereocenters. The van der Waals surface area contributed by atoms with Crippen LogP contribution in [-0.4, -0.2) is 31.6 Å². The summed E-state index contributed by atoms with van der Waals surface area (Å²) in [5, 5.41) is 4.21. The van der Waals surface area contributed by atoms with Crippen molar-refractivity contribution >= 4 is 44.1 Å². The minimum Gasteiger partial charge on any atom is -0.356 e. The first-order valence-corrected chi connectivity index (χ1v) is 12.7. The zero-order valence-corrected chi connectivity index (χ0v) is 18.9. The number of aromatic nitrogens is 1. The molecule has 2 aromatic carbocycles. The van der Waals surface area contributed by atoms with Crippen molar-refractivity contribution in [3.8, 4) is 0 Å². The van der Waals surface area contributed by atoms with Crippen LogP contribution in [0.4, 0.5) is 10.1 Å². The van der Waals surface area contributed by atoms with E-state index in [0.29, 0.717) is 29.2 Å². The number of benzene rings is 2. The van der Waals surface area contributed by atoms with E-state index in [2.05, 4.69) is 10.3 Å². The van der Waals surface area contributed by atoms with Crippen molar-refractivity contribution in [1.82, 2.24) is 10.3 Å². The first-order valence-electron chi connectivity index (χ1n) is 10.7. The molecule has 6 nitrogen and oxygen atoms in total. The Labute approximate surface area is 190 Å². The van der Waals surface area contributed by atoms with E-state index in [4.69, 9.17) is 11.6 Å². The molecule has 3 aromatic rings. The summed E-state index contributed by atoms with van der Waals surface area (Å²) in [6.07, 6.45) is 3.82. The highest BCUT2D eigenvalue weighted by atomic mass is 35.5. The Hall–Kier alpha value is -2.58. The molecule has 1 aromatic heterocycles. The van der Waals surface area contributed by atoms with Gasteiger partial charge in [-0.15, -0.1) is 0 Å². The molecule has 168 valence electrons. The van der Waals surface area contributed by atoms with Gasteiger partial charge in [0.2, 0.25) is 10.0 Å². The lowest BCUT2D eigenvalue weighted by molar-refractivity contribution is 0.0932. The van der Waals surface area contributed by atoms with E-state index in [0.717, 1.165) is 47.8 Å². The molecule has 9 heteroatoms. The molecule has 1 amide bonds. The molecule has 2 N–H and O–H groups in total. The number of H-pyrrole nitrogens is 1. The van der Waals surface area contributed by atoms with E-state index in [1.165, 1.54) is 16.4 Å². The zero-order valence-electron chi connectivity index (χ0n) is 17.3. The van der Waals surface area contributed by atoms with Gasteiger partial charge in [0.05, 0.1) is 22.5 Å². The highest BCUT2D eigenvalue weighted by molar-refractivity contribution is 7.92. The van der Waals surface area contributed by atoms with Gasteiger partial charge in [-0.25, -0.2) is 12.8 Å². The number of amides is 1. The molecule has 0 spiro atoms. The summed E-state index contributed by atoms with van der Waals surface area (Å²) >= 11 is 6.30. The molecular formula is C23H23ClFN3O3S. The fourth-order valence-corrected chi connectivity index (χ4v) is 6.64. The summed E-state index contributed by atoms with van der Waals surface area (Å²) in [6.45, 7) is 0.352. The fourth-order valence-electron chi connectivity index (χ4n) is 4.73. The highest BCUT2D eigenvalue weighted by Gasteiger charge is 2.29. The van der Waals surface area contributed by atoms with Crippen molar-refractivity contribution in [3.63, 3.8) is 0 Å². The number of carbonyl (C=O) groups excluding carboxylic acids is 1. The van der Waals surface area contributed by atoms with E-state index in [-0.39, 0.29) is 23.5 Å². The molecule has 32 heavy (non-hydrogen) atoms. The van der Waals surface area contributed by atoms with Crippen molar-refractivity contribution in [1.29, 1.82) is 0 Å². The van der Waals surface area contributed by atoms with E-state index in [1.807, 2.05) is 0 Å². The van der Waals surface area contributed by atoms with Gasteiger partial charge in [0.1, 0.15) is 5.82 Å². The summed E-state index contributed by atoms with van der Waals surface area (Å²) < 4.78 is 40.1. The summed E-state index contributed by atoms with van der Waals surface area (Å²) in [4.78, 5) is 16.4. The lowest BCUT2D eigenvalue weighted by Crippen LogP contribution is -2.38. The van der Waals surface area contributed by atoms with Crippen LogP contribution in [0.3, 0.4) is 0 Å². The molecule has 1 aliphatic carbocycles. The number of hydrogen-bond acceptors (Lipinski definition) is 3. The molecule has 1 aliphatic heterocycles. The molecular weight excluding hydrogens is 453 g/mol. The predicted molar refractivity (Wildman–Crippen MR) is 123 cm³/mol. The Bertz CT molecular complexity index is 1320. The van der Waals surface area contributed by atoms with Crippen LogP contribution in [0, 0.1) is 5.82 Å². The molecule has 1 atom stereocenters. The van der Waals surface area contributed by atoms with Crippen molar-refractivity contribution in [2.75, 3.05) is 16.6 Å². The average Bonchev–Trinajstić information content (AvgIpc) is 3.13. The minimum atomic E-state index is -3.45.